The number of carbonyl (C=O) groups is 4. The van der Waals surface area contributed by atoms with Crippen LogP contribution in [0.15, 0.2) is 36.4 Å². The zero-order chi connectivity index (χ0) is 33.1. The molecule has 1 saturated heterocycles. The summed E-state index contributed by atoms with van der Waals surface area (Å²) in [5, 5.41) is 0.489. The van der Waals surface area contributed by atoms with Gasteiger partial charge in [0.2, 0.25) is 11.9 Å². The first-order valence-corrected chi connectivity index (χ1v) is 18.4. The Morgan fingerprint density at radius 1 is 0.911 bits per heavy atom. The van der Waals surface area contributed by atoms with Crippen LogP contribution in [0.3, 0.4) is 0 Å². The fraction of sp³-hybridized carbons (Fsp3) is 0.455. The van der Waals surface area contributed by atoms with Crippen molar-refractivity contribution in [2.75, 3.05) is 6.61 Å². The van der Waals surface area contributed by atoms with Gasteiger partial charge in [-0.2, -0.15) is 0 Å². The molecule has 2 aromatic rings. The van der Waals surface area contributed by atoms with Gasteiger partial charge in [-0.25, -0.2) is 0 Å². The van der Waals surface area contributed by atoms with E-state index < -0.39 is 62.2 Å². The molecule has 2 aliphatic rings. The van der Waals surface area contributed by atoms with E-state index in [4.69, 9.17) is 40.0 Å². The van der Waals surface area contributed by atoms with Crippen molar-refractivity contribution in [3.63, 3.8) is 0 Å². The van der Waals surface area contributed by atoms with Crippen molar-refractivity contribution in [1.82, 2.24) is 0 Å². The van der Waals surface area contributed by atoms with Crippen LogP contribution in [0.1, 0.15) is 55.5 Å². The van der Waals surface area contributed by atoms with Crippen molar-refractivity contribution in [1.29, 1.82) is 0 Å². The zero-order valence-corrected chi connectivity index (χ0v) is 28.1. The predicted octanol–water partition coefficient (Wildman–Crippen LogP) is 4.60. The Hall–Kier alpha value is -3.69. The number of carbonyl (C=O) groups excluding carboxylic acids is 4. The molecule has 10 nitrogen and oxygen atoms in total. The minimum atomic E-state index is -1.82. The highest BCUT2D eigenvalue weighted by molar-refractivity contribution is 6.83. The van der Waals surface area contributed by atoms with E-state index in [0.717, 1.165) is 16.7 Å². The van der Waals surface area contributed by atoms with Gasteiger partial charge in [0.15, 0.2) is 12.2 Å². The van der Waals surface area contributed by atoms with E-state index in [0.29, 0.717) is 22.6 Å². The van der Waals surface area contributed by atoms with Crippen molar-refractivity contribution >= 4 is 43.6 Å². The number of ether oxygens (including phenoxy) is 6. The third-order valence-corrected chi connectivity index (χ3v) is 8.28. The molecule has 12 heteroatoms. The van der Waals surface area contributed by atoms with Crippen LogP contribution in [0.5, 0.6) is 0 Å². The molecule has 240 valence electrons. The average Bonchev–Trinajstić information content (AvgIpc) is 3.27. The summed E-state index contributed by atoms with van der Waals surface area (Å²) >= 11 is 6.74. The summed E-state index contributed by atoms with van der Waals surface area (Å²) in [5.74, 6) is -1.35. The van der Waals surface area contributed by atoms with Crippen molar-refractivity contribution in [2.45, 2.75) is 90.6 Å². The second-order valence-corrected chi connectivity index (χ2v) is 17.2. The summed E-state index contributed by atoms with van der Waals surface area (Å²) in [5.41, 5.74) is 7.12. The molecule has 5 atom stereocenters. The molecule has 0 aromatic heterocycles. The van der Waals surface area contributed by atoms with E-state index in [1.54, 1.807) is 12.1 Å². The summed E-state index contributed by atoms with van der Waals surface area (Å²) in [6, 6.07) is 11.5. The van der Waals surface area contributed by atoms with Crippen molar-refractivity contribution in [3.8, 4) is 11.5 Å². The number of fused-ring (bicyclic) bond motifs is 2. The normalized spacial score (nSPS) is 23.7. The molecule has 0 bridgehead atoms. The van der Waals surface area contributed by atoms with E-state index in [1.807, 2.05) is 24.3 Å². The monoisotopic (exact) mass is 656 g/mol. The van der Waals surface area contributed by atoms with Crippen molar-refractivity contribution in [3.05, 3.63) is 69.2 Å². The number of halogens is 1. The van der Waals surface area contributed by atoms with E-state index in [9.17, 15) is 19.2 Å². The Balaban J connectivity index is 1.79. The van der Waals surface area contributed by atoms with Crippen molar-refractivity contribution < 1.29 is 47.6 Å². The minimum absolute atomic E-state index is 0.0167. The molecule has 0 N–H and O–H groups in total. The van der Waals surface area contributed by atoms with Gasteiger partial charge < -0.3 is 28.4 Å². The summed E-state index contributed by atoms with van der Waals surface area (Å²) in [4.78, 5) is 48.6. The number of hydrogen-bond donors (Lipinski definition) is 0. The van der Waals surface area contributed by atoms with Gasteiger partial charge in [-0.05, 0) is 47.4 Å². The maximum atomic E-state index is 12.4. The maximum absolute atomic E-state index is 12.4. The Morgan fingerprint density at radius 3 is 2.11 bits per heavy atom. The van der Waals surface area contributed by atoms with Crippen LogP contribution in [-0.2, 0) is 66.4 Å². The van der Waals surface area contributed by atoms with E-state index >= 15 is 0 Å². The predicted molar refractivity (Wildman–Crippen MR) is 166 cm³/mol. The first-order chi connectivity index (χ1) is 21.1. The molecule has 0 radical (unpaired) electrons. The average molecular weight is 657 g/mol. The highest BCUT2D eigenvalue weighted by Crippen LogP contribution is 2.49. The number of hydrogen-bond acceptors (Lipinski definition) is 10. The highest BCUT2D eigenvalue weighted by atomic mass is 35.5. The number of esters is 4. The first-order valence-electron chi connectivity index (χ1n) is 14.5. The van der Waals surface area contributed by atoms with Gasteiger partial charge in [-0.1, -0.05) is 49.3 Å². The van der Waals surface area contributed by atoms with Crippen LogP contribution >= 0.6 is 11.6 Å². The largest absolute Gasteiger partial charge is 0.463 e. The molecule has 2 aromatic carbocycles. The van der Waals surface area contributed by atoms with Gasteiger partial charge in [-0.3, -0.25) is 19.2 Å². The molecule has 1 fully saturated rings. The molecular weight excluding hydrogens is 620 g/mol. The smallest absolute Gasteiger partial charge is 0.303 e. The Bertz CT molecular complexity index is 1540. The summed E-state index contributed by atoms with van der Waals surface area (Å²) in [6.07, 6.45) is -4.80. The summed E-state index contributed by atoms with van der Waals surface area (Å²) < 4.78 is 34.8. The third-order valence-electron chi connectivity index (χ3n) is 7.06. The van der Waals surface area contributed by atoms with Crippen LogP contribution in [0.25, 0.3) is 0 Å². The van der Waals surface area contributed by atoms with Crippen molar-refractivity contribution in [2.24, 2.45) is 0 Å². The SMILES string of the molecule is CC(=O)OCC1O[C@]2(OCc3cc(Cl)c(Cc4ccc(C#C[Si](C)(C)C)cc4)cc32)[C@H](OC(C)=O)[C@@H](OC(C)=O)[C@H]1OC(C)=O. The maximum Gasteiger partial charge on any atom is 0.303 e. The van der Waals surface area contributed by atoms with Gasteiger partial charge in [0.1, 0.15) is 20.8 Å². The van der Waals surface area contributed by atoms with Gasteiger partial charge in [0.05, 0.1) is 6.61 Å². The fourth-order valence-corrected chi connectivity index (χ4v) is 6.06. The number of benzene rings is 2. The summed E-state index contributed by atoms with van der Waals surface area (Å²) in [6.45, 7) is 10.9. The minimum Gasteiger partial charge on any atom is -0.463 e. The van der Waals surface area contributed by atoms with Crippen LogP contribution in [0, 0.1) is 11.5 Å². The first kappa shape index (κ1) is 34.2. The standard InChI is InChI=1S/C33H37ClO10Si/c1-19(35)39-18-29-30(41-20(2)36)31(42-21(3)37)32(43-22(4)38)33(44-29)27-15-25(28(34)16-26(27)17-40-33)14-24-10-8-23(9-11-24)12-13-45(5,6)7/h8-11,15-16,29-32H,14,17-18H2,1-7H3/t29?,30-,31-,32+,33-/m0/s1. The lowest BCUT2D eigenvalue weighted by atomic mass is 9.85. The van der Waals surface area contributed by atoms with Crippen LogP contribution in [0.2, 0.25) is 24.7 Å². The van der Waals surface area contributed by atoms with Crippen LogP contribution in [-0.4, -0.2) is 63.0 Å². The van der Waals surface area contributed by atoms with E-state index in [-0.39, 0.29) is 13.2 Å². The molecular formula is C33H37ClO10Si. The van der Waals surface area contributed by atoms with E-state index in [2.05, 4.69) is 31.1 Å². The molecule has 1 unspecified atom stereocenters. The second-order valence-electron chi connectivity index (χ2n) is 12.1. The molecule has 2 aliphatic heterocycles. The molecule has 4 rings (SSSR count). The highest BCUT2D eigenvalue weighted by Gasteiger charge is 2.64. The second kappa shape index (κ2) is 13.7. The Labute approximate surface area is 268 Å². The molecule has 0 amide bonds. The van der Waals surface area contributed by atoms with Gasteiger partial charge in [-0.15, -0.1) is 5.54 Å². The lowest BCUT2D eigenvalue weighted by molar-refractivity contribution is -0.370. The van der Waals surface area contributed by atoms with Crippen LogP contribution < -0.4 is 0 Å². The zero-order valence-electron chi connectivity index (χ0n) is 26.4. The molecule has 0 aliphatic carbocycles. The molecule has 2 heterocycles. The Morgan fingerprint density at radius 2 is 1.53 bits per heavy atom. The number of rotatable bonds is 7. The lowest BCUT2D eigenvalue weighted by Crippen LogP contribution is -2.66. The summed E-state index contributed by atoms with van der Waals surface area (Å²) in [7, 11) is -1.52. The van der Waals surface area contributed by atoms with E-state index in [1.165, 1.54) is 27.7 Å². The fourth-order valence-electron chi connectivity index (χ4n) is 5.29. The van der Waals surface area contributed by atoms with Crippen LogP contribution in [0.4, 0.5) is 0 Å². The quantitative estimate of drug-likeness (QED) is 0.181. The molecule has 1 spiro atoms. The third kappa shape index (κ3) is 8.32. The van der Waals surface area contributed by atoms with Gasteiger partial charge >= 0.3 is 23.9 Å². The van der Waals surface area contributed by atoms with Gasteiger partial charge in [0, 0.05) is 43.8 Å². The topological polar surface area (TPSA) is 124 Å². The Kier molecular flexibility index (Phi) is 10.4. The molecule has 45 heavy (non-hydrogen) atoms. The lowest BCUT2D eigenvalue weighted by Gasteiger charge is -2.49. The van der Waals surface area contributed by atoms with Gasteiger partial charge in [0.25, 0.3) is 0 Å². The molecule has 0 saturated carbocycles.